The van der Waals surface area contributed by atoms with E-state index >= 15 is 0 Å². The maximum absolute atomic E-state index is 13.7. The number of methoxy groups -OCH3 is 1. The van der Waals surface area contributed by atoms with Crippen LogP contribution in [0.2, 0.25) is 28.2 Å². The van der Waals surface area contributed by atoms with Crippen molar-refractivity contribution in [2.45, 2.75) is 64.9 Å². The van der Waals surface area contributed by atoms with Crippen LogP contribution in [0.3, 0.4) is 0 Å². The minimum Gasteiger partial charge on any atom is -0.480 e. The smallest absolute Gasteiger partial charge is 0.238 e. The quantitative estimate of drug-likeness (QED) is 0.123. The highest BCUT2D eigenvalue weighted by atomic mass is 35.5. The number of hydrogen-bond donors (Lipinski definition) is 1. The second kappa shape index (κ2) is 15.0. The van der Waals surface area contributed by atoms with Crippen LogP contribution in [0.5, 0.6) is 5.88 Å². The number of benzene rings is 2. The molecule has 1 N–H and O–H groups in total. The third-order valence-corrected chi connectivity index (χ3v) is 14.9. The molecule has 49 heavy (non-hydrogen) atoms. The Morgan fingerprint density at radius 3 is 2.45 bits per heavy atom. The number of Topliss-reactive ketones (excluding diaryl/α,β-unsaturated/α-hetero) is 1. The van der Waals surface area contributed by atoms with E-state index in [1.807, 2.05) is 30.3 Å². The molecule has 256 valence electrons. The van der Waals surface area contributed by atoms with Crippen molar-refractivity contribution in [2.75, 3.05) is 26.8 Å². The lowest BCUT2D eigenvalue weighted by molar-refractivity contribution is 0.0987. The number of ketones is 1. The molecule has 1 aliphatic heterocycles. The van der Waals surface area contributed by atoms with Crippen molar-refractivity contribution in [1.29, 1.82) is 5.26 Å². The normalized spacial score (nSPS) is 13.6. The van der Waals surface area contributed by atoms with Crippen molar-refractivity contribution < 1.29 is 19.1 Å². The van der Waals surface area contributed by atoms with Gasteiger partial charge in [0.2, 0.25) is 5.88 Å². The van der Waals surface area contributed by atoms with Gasteiger partial charge in [0.25, 0.3) is 0 Å². The van der Waals surface area contributed by atoms with Crippen LogP contribution in [0, 0.1) is 11.3 Å². The van der Waals surface area contributed by atoms with Crippen LogP contribution in [0.25, 0.3) is 22.4 Å². The number of halogens is 2. The molecule has 4 aromatic rings. The third kappa shape index (κ3) is 7.88. The molecule has 0 radical (unpaired) electrons. The molecular formula is C37H41Cl2N5O4Si. The van der Waals surface area contributed by atoms with Gasteiger partial charge in [-0.05, 0) is 41.7 Å². The van der Waals surface area contributed by atoms with E-state index in [0.29, 0.717) is 68.8 Å². The Balaban J connectivity index is 1.37. The van der Waals surface area contributed by atoms with Gasteiger partial charge in [-0.25, -0.2) is 9.97 Å². The van der Waals surface area contributed by atoms with Gasteiger partial charge in [0.05, 0.1) is 53.0 Å². The first-order valence-corrected chi connectivity index (χ1v) is 19.8. The molecule has 0 unspecified atom stereocenters. The summed E-state index contributed by atoms with van der Waals surface area (Å²) in [5, 5.41) is 20.4. The maximum atomic E-state index is 13.7. The van der Waals surface area contributed by atoms with Crippen molar-refractivity contribution in [1.82, 2.24) is 19.9 Å². The Hall–Kier alpha value is -3.69. The molecule has 5 rings (SSSR count). The Morgan fingerprint density at radius 1 is 1.08 bits per heavy atom. The number of carbonyl (C=O) groups is 1. The van der Waals surface area contributed by atoms with E-state index in [9.17, 15) is 15.2 Å². The Bertz CT molecular complexity index is 1920. The van der Waals surface area contributed by atoms with Gasteiger partial charge in [0.1, 0.15) is 11.4 Å². The van der Waals surface area contributed by atoms with Gasteiger partial charge in [-0.2, -0.15) is 5.26 Å². The third-order valence-electron chi connectivity index (χ3n) is 9.49. The highest BCUT2D eigenvalue weighted by Gasteiger charge is 2.37. The SMILES string of the molecule is COc1nc(-c2cccc(-c3cccc(CC(=O)c4cc(C#N)c5c(n4)CN(CCO[Si](C)(C)C(C)(C)C)CC5)c3Cl)c2Cl)cnc1CO. The van der Waals surface area contributed by atoms with Crippen molar-refractivity contribution in [3.63, 3.8) is 0 Å². The number of aliphatic hydroxyl groups excluding tert-OH is 1. The fraction of sp³-hybridized carbons (Fsp3) is 0.378. The minimum absolute atomic E-state index is 0.00397. The molecule has 2 aromatic heterocycles. The molecular weight excluding hydrogens is 677 g/mol. The molecule has 0 aliphatic carbocycles. The van der Waals surface area contributed by atoms with Gasteiger partial charge in [0.15, 0.2) is 14.1 Å². The molecule has 9 nitrogen and oxygen atoms in total. The van der Waals surface area contributed by atoms with Crippen molar-refractivity contribution in [3.8, 4) is 34.3 Å². The zero-order valence-electron chi connectivity index (χ0n) is 28.7. The molecule has 0 atom stereocenters. The Labute approximate surface area is 299 Å². The topological polar surface area (TPSA) is 121 Å². The zero-order chi connectivity index (χ0) is 35.5. The van der Waals surface area contributed by atoms with Crippen LogP contribution in [-0.4, -0.2) is 65.9 Å². The summed E-state index contributed by atoms with van der Waals surface area (Å²) in [6.07, 6.45) is 2.21. The van der Waals surface area contributed by atoms with Gasteiger partial charge < -0.3 is 14.3 Å². The summed E-state index contributed by atoms with van der Waals surface area (Å²) in [6.45, 7) is 13.6. The first kappa shape index (κ1) is 36.6. The van der Waals surface area contributed by atoms with Crippen molar-refractivity contribution in [3.05, 3.63) is 92.5 Å². The Morgan fingerprint density at radius 2 is 1.78 bits per heavy atom. The number of nitrogens with zero attached hydrogens (tertiary/aromatic N) is 5. The van der Waals surface area contributed by atoms with Crippen LogP contribution in [0.1, 0.15) is 59.3 Å². The predicted molar refractivity (Wildman–Crippen MR) is 195 cm³/mol. The van der Waals surface area contributed by atoms with E-state index in [-0.39, 0.29) is 35.4 Å². The summed E-state index contributed by atoms with van der Waals surface area (Å²) in [5.74, 6) is -0.0263. The first-order chi connectivity index (χ1) is 23.3. The number of fused-ring (bicyclic) bond motifs is 1. The summed E-state index contributed by atoms with van der Waals surface area (Å²) in [7, 11) is -0.403. The molecule has 3 heterocycles. The molecule has 12 heteroatoms. The molecule has 0 fully saturated rings. The van der Waals surface area contributed by atoms with Crippen LogP contribution < -0.4 is 4.74 Å². The van der Waals surface area contributed by atoms with Crippen molar-refractivity contribution in [2.24, 2.45) is 0 Å². The predicted octanol–water partition coefficient (Wildman–Crippen LogP) is 7.69. The lowest BCUT2D eigenvalue weighted by Crippen LogP contribution is -2.43. The number of aromatic nitrogens is 3. The lowest BCUT2D eigenvalue weighted by Gasteiger charge is -2.37. The first-order valence-electron chi connectivity index (χ1n) is 16.2. The fourth-order valence-electron chi connectivity index (χ4n) is 5.60. The van der Waals surface area contributed by atoms with Gasteiger partial charge in [-0.3, -0.25) is 14.7 Å². The van der Waals surface area contributed by atoms with Gasteiger partial charge in [-0.1, -0.05) is 80.4 Å². The second-order valence-corrected chi connectivity index (χ2v) is 19.2. The number of aliphatic hydroxyl groups is 1. The molecule has 0 amide bonds. The molecule has 2 aromatic carbocycles. The summed E-state index contributed by atoms with van der Waals surface area (Å²) < 4.78 is 11.7. The van der Waals surface area contributed by atoms with Crippen molar-refractivity contribution >= 4 is 37.3 Å². The standard InChI is InChI=1S/C37H41Cl2N5O4Si/c1-37(2,3)49(5,6)48-16-15-44-14-13-25-24(19-40)17-29(42-31(25)21-44)33(46)18-23-9-7-10-26(34(23)38)27-11-8-12-28(35(27)39)30-20-41-32(22-45)36(43-30)47-4/h7-12,17,20,45H,13-16,18,21-22H2,1-6H3. The number of rotatable bonds is 11. The second-order valence-electron chi connectivity index (χ2n) is 13.6. The average molecular weight is 719 g/mol. The molecule has 1 aliphatic rings. The average Bonchev–Trinajstić information content (AvgIpc) is 3.07. The molecule has 0 bridgehead atoms. The number of pyridine rings is 1. The van der Waals surface area contributed by atoms with Gasteiger partial charge in [0, 0.05) is 49.4 Å². The summed E-state index contributed by atoms with van der Waals surface area (Å²) in [4.78, 5) is 29.5. The largest absolute Gasteiger partial charge is 0.480 e. The fourth-order valence-corrected chi connectivity index (χ4v) is 7.25. The van der Waals surface area contributed by atoms with E-state index in [4.69, 9.17) is 37.3 Å². The monoisotopic (exact) mass is 717 g/mol. The Kier molecular flexibility index (Phi) is 11.2. The number of hydrogen-bond acceptors (Lipinski definition) is 9. The number of carbonyl (C=O) groups excluding carboxylic acids is 1. The summed E-state index contributed by atoms with van der Waals surface area (Å²) >= 11 is 13.9. The zero-order valence-corrected chi connectivity index (χ0v) is 31.2. The minimum atomic E-state index is -1.86. The van der Waals surface area contributed by atoms with E-state index in [1.165, 1.54) is 13.3 Å². The molecule has 0 saturated carbocycles. The number of ether oxygens (including phenoxy) is 1. The van der Waals surface area contributed by atoms with Gasteiger partial charge >= 0.3 is 0 Å². The molecule has 0 spiro atoms. The van der Waals surface area contributed by atoms with Crippen LogP contribution in [0.15, 0.2) is 48.7 Å². The van der Waals surface area contributed by atoms with Crippen LogP contribution in [-0.2, 0) is 30.4 Å². The highest BCUT2D eigenvalue weighted by Crippen LogP contribution is 2.40. The lowest BCUT2D eigenvalue weighted by atomic mass is 9.95. The van der Waals surface area contributed by atoms with E-state index < -0.39 is 8.32 Å². The molecule has 0 saturated heterocycles. The van der Waals surface area contributed by atoms with E-state index in [0.717, 1.165) is 24.3 Å². The van der Waals surface area contributed by atoms with E-state index in [2.05, 4.69) is 54.8 Å². The maximum Gasteiger partial charge on any atom is 0.238 e. The van der Waals surface area contributed by atoms with Crippen LogP contribution in [0.4, 0.5) is 0 Å². The number of nitriles is 1. The van der Waals surface area contributed by atoms with E-state index in [1.54, 1.807) is 12.1 Å². The summed E-state index contributed by atoms with van der Waals surface area (Å²) in [6, 6.07) is 14.9. The highest BCUT2D eigenvalue weighted by molar-refractivity contribution is 6.74. The van der Waals surface area contributed by atoms with Crippen LogP contribution >= 0.6 is 23.2 Å². The summed E-state index contributed by atoms with van der Waals surface area (Å²) in [5.41, 5.74) is 5.71. The van der Waals surface area contributed by atoms with Gasteiger partial charge in [-0.15, -0.1) is 0 Å².